The molecule has 15 nitrogen and oxygen atoms in total. The smallest absolute Gasteiger partial charge is 0.321 e. The minimum atomic E-state index is -0.938. The number of thiol groups is 1. The van der Waals surface area contributed by atoms with Crippen molar-refractivity contribution in [3.63, 3.8) is 0 Å². The highest BCUT2D eigenvalue weighted by Crippen LogP contribution is 2.38. The molecule has 0 saturated carbocycles. The minimum Gasteiger partial charge on any atom is -0.480 e. The molecular formula is C21H31N9O6S3. The van der Waals surface area contributed by atoms with E-state index in [9.17, 15) is 14.4 Å². The van der Waals surface area contributed by atoms with Gasteiger partial charge in [0.25, 0.3) is 0 Å². The van der Waals surface area contributed by atoms with Crippen molar-refractivity contribution in [1.82, 2.24) is 45.9 Å². The molecule has 3 atom stereocenters. The van der Waals surface area contributed by atoms with Crippen LogP contribution in [-0.2, 0) is 33.6 Å². The number of hydrogen-bond donors (Lipinski definition) is 10. The Morgan fingerprint density at radius 3 is 1.36 bits per heavy atom. The maximum Gasteiger partial charge on any atom is 0.321 e. The third-order valence-corrected chi connectivity index (χ3v) is 8.10. The Morgan fingerprint density at radius 1 is 0.718 bits per heavy atom. The Hall–Kier alpha value is -3.03. The molecule has 0 unspecified atom stereocenters. The lowest BCUT2D eigenvalue weighted by atomic mass is 10.2. The second kappa shape index (κ2) is 16.2. The number of aromatic nitrogens is 6. The summed E-state index contributed by atoms with van der Waals surface area (Å²) in [5.74, 6) is -2.76. The van der Waals surface area contributed by atoms with E-state index >= 15 is 0 Å². The molecule has 39 heavy (non-hydrogen) atoms. The first-order valence-electron chi connectivity index (χ1n) is 11.4. The third-order valence-electron chi connectivity index (χ3n) is 5.42. The van der Waals surface area contributed by atoms with E-state index in [1.807, 2.05) is 0 Å². The van der Waals surface area contributed by atoms with E-state index in [1.54, 1.807) is 21.1 Å². The summed E-state index contributed by atoms with van der Waals surface area (Å²) < 4.78 is 0. The third kappa shape index (κ3) is 9.90. The quantitative estimate of drug-likeness (QED) is 0.0832. The van der Waals surface area contributed by atoms with Crippen molar-refractivity contribution in [2.45, 2.75) is 52.5 Å². The summed E-state index contributed by atoms with van der Waals surface area (Å²) in [7, 11) is 7.46. The Morgan fingerprint density at radius 2 is 1.05 bits per heavy atom. The second-order valence-electron chi connectivity index (χ2n) is 7.89. The molecule has 0 aliphatic rings. The zero-order valence-electron chi connectivity index (χ0n) is 21.3. The number of carboxylic acid groups (broad SMARTS) is 3. The molecule has 0 bridgehead atoms. The van der Waals surface area contributed by atoms with Gasteiger partial charge in [-0.25, -0.2) is 15.0 Å². The van der Waals surface area contributed by atoms with Crippen LogP contribution in [0, 0.1) is 0 Å². The van der Waals surface area contributed by atoms with Gasteiger partial charge in [0.2, 0.25) is 0 Å². The van der Waals surface area contributed by atoms with E-state index in [2.05, 4.69) is 58.5 Å². The van der Waals surface area contributed by atoms with Gasteiger partial charge in [-0.15, -0.1) is 12.6 Å². The lowest BCUT2D eigenvalue weighted by Crippen LogP contribution is -2.36. The molecule has 0 saturated heterocycles. The van der Waals surface area contributed by atoms with Crippen molar-refractivity contribution >= 4 is 52.1 Å². The maximum atomic E-state index is 11.2. The average Bonchev–Trinajstić information content (AvgIpc) is 3.64. The molecule has 18 heteroatoms. The summed E-state index contributed by atoms with van der Waals surface area (Å²) >= 11 is 4.07. The first-order valence-corrected chi connectivity index (χ1v) is 14.0. The number of nitrogens with one attached hydrogen (secondary N) is 6. The van der Waals surface area contributed by atoms with Gasteiger partial charge in [-0.05, 0) is 42.7 Å². The van der Waals surface area contributed by atoms with Crippen molar-refractivity contribution in [2.24, 2.45) is 0 Å². The highest BCUT2D eigenvalue weighted by molar-refractivity contribution is 8.76. The Balaban J connectivity index is 0.000000344. The van der Waals surface area contributed by atoms with Gasteiger partial charge in [0, 0.05) is 19.3 Å². The van der Waals surface area contributed by atoms with Crippen LogP contribution >= 0.6 is 34.2 Å². The van der Waals surface area contributed by atoms with Gasteiger partial charge in [-0.1, -0.05) is 0 Å². The van der Waals surface area contributed by atoms with Crippen molar-refractivity contribution in [3.05, 3.63) is 36.1 Å². The summed E-state index contributed by atoms with van der Waals surface area (Å²) in [5, 5.41) is 37.1. The maximum absolute atomic E-state index is 11.2. The highest BCUT2D eigenvalue weighted by atomic mass is 33.1. The summed E-state index contributed by atoms with van der Waals surface area (Å²) in [6.07, 6.45) is 5.41. The van der Waals surface area contributed by atoms with Crippen LogP contribution in [0.3, 0.4) is 0 Å². The summed E-state index contributed by atoms with van der Waals surface area (Å²) in [4.78, 5) is 54.0. The molecule has 0 amide bonds. The molecule has 3 aromatic heterocycles. The highest BCUT2D eigenvalue weighted by Gasteiger charge is 2.22. The van der Waals surface area contributed by atoms with Crippen molar-refractivity contribution in [1.29, 1.82) is 0 Å². The normalized spacial score (nSPS) is 13.2. The van der Waals surface area contributed by atoms with Crippen LogP contribution in [-0.4, -0.2) is 102 Å². The molecule has 0 aromatic carbocycles. The van der Waals surface area contributed by atoms with Gasteiger partial charge >= 0.3 is 17.9 Å². The molecule has 0 spiro atoms. The first-order chi connectivity index (χ1) is 18.6. The molecule has 0 radical (unpaired) electrons. The predicted molar refractivity (Wildman–Crippen MR) is 147 cm³/mol. The minimum absolute atomic E-state index is 0.267. The topological polar surface area (TPSA) is 234 Å². The van der Waals surface area contributed by atoms with Crippen LogP contribution in [0.4, 0.5) is 0 Å². The van der Waals surface area contributed by atoms with Crippen molar-refractivity contribution < 1.29 is 29.7 Å². The zero-order chi connectivity index (χ0) is 28.9. The lowest BCUT2D eigenvalue weighted by Gasteiger charge is -2.11. The van der Waals surface area contributed by atoms with E-state index < -0.39 is 36.0 Å². The zero-order valence-corrected chi connectivity index (χ0v) is 23.8. The predicted octanol–water partition coefficient (Wildman–Crippen LogP) is 0.276. The van der Waals surface area contributed by atoms with Gasteiger partial charge in [-0.2, -0.15) is 0 Å². The molecule has 0 aliphatic carbocycles. The van der Waals surface area contributed by atoms with E-state index in [4.69, 9.17) is 15.3 Å². The molecule has 214 valence electrons. The van der Waals surface area contributed by atoms with Crippen LogP contribution in [0.5, 0.6) is 0 Å². The summed E-state index contributed by atoms with van der Waals surface area (Å²) in [6.45, 7) is 0. The molecule has 3 rings (SSSR count). The van der Waals surface area contributed by atoms with Crippen molar-refractivity contribution in [3.8, 4) is 0 Å². The fourth-order valence-electron chi connectivity index (χ4n) is 3.15. The Bertz CT molecular complexity index is 1160. The number of nitrogens with zero attached hydrogens (tertiary/aromatic N) is 3. The first kappa shape index (κ1) is 32.2. The average molecular weight is 602 g/mol. The second-order valence-corrected chi connectivity index (χ2v) is 10.4. The summed E-state index contributed by atoms with van der Waals surface area (Å²) in [6, 6.07) is -2.04. The van der Waals surface area contributed by atoms with Crippen LogP contribution < -0.4 is 16.0 Å². The number of carboxylic acids is 3. The lowest BCUT2D eigenvalue weighted by molar-refractivity contribution is -0.140. The molecular weight excluding hydrogens is 570 g/mol. The number of carbonyl (C=O) groups is 3. The Kier molecular flexibility index (Phi) is 13.3. The molecule has 3 aromatic rings. The summed E-state index contributed by atoms with van der Waals surface area (Å²) in [5.41, 5.74) is 2.14. The molecule has 0 fully saturated rings. The Labute approximate surface area is 237 Å². The van der Waals surface area contributed by atoms with Gasteiger partial charge < -0.3 is 46.2 Å². The number of aromatic amines is 3. The fraction of sp³-hybridized carbons (Fsp3) is 0.429. The van der Waals surface area contributed by atoms with E-state index in [-0.39, 0.29) is 12.8 Å². The number of likely N-dealkylation sites (N-methyl/N-ethyl adjacent to an activating group) is 3. The van der Waals surface area contributed by atoms with E-state index in [1.165, 1.54) is 40.6 Å². The number of H-pyrrole nitrogens is 3. The van der Waals surface area contributed by atoms with E-state index in [0.717, 1.165) is 5.69 Å². The van der Waals surface area contributed by atoms with Crippen molar-refractivity contribution in [2.75, 3.05) is 21.1 Å². The SMILES string of the molecule is CN[C@@H](Cc1[nH]cnc1S)C(=O)O.CN[C@@H](Cc1[nH]cnc1SSc1nc[nH]c1C[C@H](NC)C(=O)O)C(=O)O. The van der Waals surface area contributed by atoms with Crippen LogP contribution in [0.25, 0.3) is 0 Å². The standard InChI is InChI=1S/C14H20N6O4S2.C7H11N3O2S/c1-15-9(13(21)22)3-7-11(19-5-17-7)25-26-12-8(18-6-20-12)4-10(16-2)14(23)24;1-8-5(7(11)12)2-4-6(13)10-3-9-4/h5-6,9-10,15-16H,3-4H2,1-2H3,(H,17,19)(H,18,20)(H,21,22)(H,23,24);3,5,8,13H,2H2,1H3,(H,9,10)(H,11,12)/t9-,10-;5-/m00/s1. The molecule has 9 N–H and O–H groups in total. The van der Waals surface area contributed by atoms with Crippen LogP contribution in [0.1, 0.15) is 17.1 Å². The number of hydrogen-bond acceptors (Lipinski definition) is 12. The van der Waals surface area contributed by atoms with Gasteiger partial charge in [0.15, 0.2) is 0 Å². The van der Waals surface area contributed by atoms with Crippen LogP contribution in [0.2, 0.25) is 0 Å². The number of rotatable bonds is 15. The van der Waals surface area contributed by atoms with E-state index in [0.29, 0.717) is 32.9 Å². The molecule has 0 aliphatic heterocycles. The molecule has 3 heterocycles. The number of imidazole rings is 3. The van der Waals surface area contributed by atoms with Gasteiger partial charge in [-0.3, -0.25) is 14.4 Å². The fourth-order valence-corrected chi connectivity index (χ4v) is 5.53. The largest absolute Gasteiger partial charge is 0.480 e. The van der Waals surface area contributed by atoms with Gasteiger partial charge in [0.1, 0.15) is 33.2 Å². The monoisotopic (exact) mass is 601 g/mol. The number of aliphatic carboxylic acids is 3. The van der Waals surface area contributed by atoms with Crippen LogP contribution in [0.15, 0.2) is 34.1 Å². The van der Waals surface area contributed by atoms with Gasteiger partial charge in [0.05, 0.1) is 36.1 Å².